The molecule has 0 aliphatic carbocycles. The van der Waals surface area contributed by atoms with Crippen LogP contribution in [0, 0.1) is 6.92 Å². The van der Waals surface area contributed by atoms with E-state index >= 15 is 0 Å². The predicted octanol–water partition coefficient (Wildman–Crippen LogP) is 1.65. The van der Waals surface area contributed by atoms with Crippen molar-refractivity contribution in [2.24, 2.45) is 0 Å². The summed E-state index contributed by atoms with van der Waals surface area (Å²) in [5.41, 5.74) is 1.72. The maximum Gasteiger partial charge on any atom is 0.242 e. The predicted molar refractivity (Wildman–Crippen MR) is 81.4 cm³/mol. The van der Waals surface area contributed by atoms with Crippen LogP contribution >= 0.6 is 0 Å². The second-order valence-electron chi connectivity index (χ2n) is 4.76. The molecule has 0 saturated carbocycles. The highest BCUT2D eigenvalue weighted by molar-refractivity contribution is 7.89. The summed E-state index contributed by atoms with van der Waals surface area (Å²) < 4.78 is 25.1. The number of aromatic nitrogens is 2. The molecule has 1 heterocycles. The zero-order valence-corrected chi connectivity index (χ0v) is 13.1. The summed E-state index contributed by atoms with van der Waals surface area (Å²) in [6.07, 6.45) is 1.71. The summed E-state index contributed by atoms with van der Waals surface area (Å²) in [7, 11) is -0.356. The van der Waals surface area contributed by atoms with Gasteiger partial charge in [0.05, 0.1) is 17.1 Å². The van der Waals surface area contributed by atoms with Crippen LogP contribution in [0.1, 0.15) is 11.5 Å². The summed E-state index contributed by atoms with van der Waals surface area (Å²) in [5.74, 6) is 0.724. The number of nitrogens with zero attached hydrogens (tertiary/aromatic N) is 3. The second kappa shape index (κ2) is 6.19. The Kier molecular flexibility index (Phi) is 4.54. The molecule has 1 N–H and O–H groups in total. The number of sulfonamides is 1. The number of hydrogen-bond donors (Lipinski definition) is 1. The van der Waals surface area contributed by atoms with Crippen LogP contribution in [-0.4, -0.2) is 36.8 Å². The topological polar surface area (TPSA) is 75.2 Å². The van der Waals surface area contributed by atoms with Crippen LogP contribution in [-0.2, 0) is 16.6 Å². The number of hydrogen-bond acceptors (Lipinski definition) is 5. The average molecular weight is 306 g/mol. The van der Waals surface area contributed by atoms with Gasteiger partial charge in [-0.1, -0.05) is 0 Å². The lowest BCUT2D eigenvalue weighted by Gasteiger charge is -2.12. The molecule has 0 fully saturated rings. The Labute approximate surface area is 124 Å². The van der Waals surface area contributed by atoms with E-state index in [1.54, 1.807) is 30.5 Å². The van der Waals surface area contributed by atoms with Crippen molar-refractivity contribution in [1.82, 2.24) is 14.3 Å². The van der Waals surface area contributed by atoms with Gasteiger partial charge < -0.3 is 5.32 Å². The summed E-state index contributed by atoms with van der Waals surface area (Å²) >= 11 is 0. The summed E-state index contributed by atoms with van der Waals surface area (Å²) in [6, 6.07) is 8.49. The molecule has 1 aromatic heterocycles. The number of anilines is 1. The van der Waals surface area contributed by atoms with E-state index < -0.39 is 10.0 Å². The standard InChI is InChI=1S/C14H18N4O2S/c1-11-15-9-8-13(17-11)10-16-12-4-6-14(7-5-12)21(19,20)18(2)3/h4-9,16H,10H2,1-3H3. The van der Waals surface area contributed by atoms with E-state index in [9.17, 15) is 8.42 Å². The molecule has 0 saturated heterocycles. The fourth-order valence-electron chi connectivity index (χ4n) is 1.75. The fourth-order valence-corrected chi connectivity index (χ4v) is 2.65. The quantitative estimate of drug-likeness (QED) is 0.909. The van der Waals surface area contributed by atoms with Crippen molar-refractivity contribution in [3.8, 4) is 0 Å². The minimum Gasteiger partial charge on any atom is -0.379 e. The van der Waals surface area contributed by atoms with Gasteiger partial charge in [-0.25, -0.2) is 22.7 Å². The maximum absolute atomic E-state index is 11.9. The molecule has 2 rings (SSSR count). The van der Waals surface area contributed by atoms with Crippen molar-refractivity contribution in [1.29, 1.82) is 0 Å². The number of aryl methyl sites for hydroxylation is 1. The molecular formula is C14H18N4O2S. The Morgan fingerprint density at radius 1 is 1.14 bits per heavy atom. The normalized spacial score (nSPS) is 11.6. The van der Waals surface area contributed by atoms with Crippen LogP contribution in [0.3, 0.4) is 0 Å². The van der Waals surface area contributed by atoms with E-state index in [1.165, 1.54) is 18.4 Å². The zero-order valence-electron chi connectivity index (χ0n) is 12.2. The van der Waals surface area contributed by atoms with Crippen LogP contribution in [0.2, 0.25) is 0 Å². The SMILES string of the molecule is Cc1nccc(CNc2ccc(S(=O)(=O)N(C)C)cc2)n1. The van der Waals surface area contributed by atoms with E-state index in [2.05, 4.69) is 15.3 Å². The highest BCUT2D eigenvalue weighted by Crippen LogP contribution is 2.16. The average Bonchev–Trinajstić information content (AvgIpc) is 2.45. The van der Waals surface area contributed by atoms with Gasteiger partial charge in [0.2, 0.25) is 10.0 Å². The molecule has 0 aliphatic heterocycles. The Balaban J connectivity index is 2.07. The molecule has 7 heteroatoms. The largest absolute Gasteiger partial charge is 0.379 e. The van der Waals surface area contributed by atoms with Gasteiger partial charge in [-0.3, -0.25) is 0 Å². The molecule has 0 unspecified atom stereocenters. The Morgan fingerprint density at radius 3 is 2.38 bits per heavy atom. The lowest BCUT2D eigenvalue weighted by molar-refractivity contribution is 0.521. The van der Waals surface area contributed by atoms with Crippen molar-refractivity contribution in [2.45, 2.75) is 18.4 Å². The molecule has 1 aromatic carbocycles. The van der Waals surface area contributed by atoms with E-state index in [1.807, 2.05) is 13.0 Å². The van der Waals surface area contributed by atoms with Crippen molar-refractivity contribution in [3.63, 3.8) is 0 Å². The van der Waals surface area contributed by atoms with Crippen molar-refractivity contribution < 1.29 is 8.42 Å². The van der Waals surface area contributed by atoms with Crippen LogP contribution in [0.15, 0.2) is 41.4 Å². The molecule has 0 amide bonds. The van der Waals surface area contributed by atoms with Crippen molar-refractivity contribution in [2.75, 3.05) is 19.4 Å². The molecule has 6 nitrogen and oxygen atoms in total. The first-order valence-corrected chi connectivity index (χ1v) is 7.88. The summed E-state index contributed by atoms with van der Waals surface area (Å²) in [5, 5.41) is 3.20. The third-order valence-electron chi connectivity index (χ3n) is 2.94. The van der Waals surface area contributed by atoms with E-state index in [4.69, 9.17) is 0 Å². The summed E-state index contributed by atoms with van der Waals surface area (Å²) in [6.45, 7) is 2.40. The van der Waals surface area contributed by atoms with Gasteiger partial charge in [-0.15, -0.1) is 0 Å². The molecule has 0 radical (unpaired) electrons. The third-order valence-corrected chi connectivity index (χ3v) is 4.77. The van der Waals surface area contributed by atoms with Gasteiger partial charge in [0.25, 0.3) is 0 Å². The molecule has 2 aromatic rings. The molecular weight excluding hydrogens is 288 g/mol. The first kappa shape index (κ1) is 15.4. The molecule has 112 valence electrons. The first-order chi connectivity index (χ1) is 9.89. The molecule has 0 bridgehead atoms. The van der Waals surface area contributed by atoms with E-state index in [0.29, 0.717) is 6.54 Å². The van der Waals surface area contributed by atoms with Gasteiger partial charge in [-0.05, 0) is 37.3 Å². The second-order valence-corrected chi connectivity index (χ2v) is 6.91. The lowest BCUT2D eigenvalue weighted by Crippen LogP contribution is -2.22. The lowest BCUT2D eigenvalue weighted by atomic mass is 10.3. The Hall–Kier alpha value is -1.99. The highest BCUT2D eigenvalue weighted by Gasteiger charge is 2.16. The Morgan fingerprint density at radius 2 is 1.81 bits per heavy atom. The first-order valence-electron chi connectivity index (χ1n) is 6.44. The monoisotopic (exact) mass is 306 g/mol. The van der Waals surface area contributed by atoms with Crippen LogP contribution < -0.4 is 5.32 Å². The minimum absolute atomic E-state index is 0.274. The summed E-state index contributed by atoms with van der Waals surface area (Å²) in [4.78, 5) is 8.61. The van der Waals surface area contributed by atoms with Crippen LogP contribution in [0.4, 0.5) is 5.69 Å². The molecule has 0 atom stereocenters. The zero-order chi connectivity index (χ0) is 15.5. The molecule has 0 aliphatic rings. The van der Waals surface area contributed by atoms with E-state index in [0.717, 1.165) is 17.2 Å². The third kappa shape index (κ3) is 3.77. The molecule has 21 heavy (non-hydrogen) atoms. The number of rotatable bonds is 5. The van der Waals surface area contributed by atoms with Gasteiger partial charge in [0.1, 0.15) is 5.82 Å². The van der Waals surface area contributed by atoms with E-state index in [-0.39, 0.29) is 4.90 Å². The fraction of sp³-hybridized carbons (Fsp3) is 0.286. The van der Waals surface area contributed by atoms with Gasteiger partial charge in [-0.2, -0.15) is 0 Å². The van der Waals surface area contributed by atoms with Gasteiger partial charge in [0, 0.05) is 26.0 Å². The van der Waals surface area contributed by atoms with Gasteiger partial charge in [0.15, 0.2) is 0 Å². The van der Waals surface area contributed by atoms with Crippen molar-refractivity contribution in [3.05, 3.63) is 48.0 Å². The highest BCUT2D eigenvalue weighted by atomic mass is 32.2. The number of benzene rings is 1. The maximum atomic E-state index is 11.9. The Bertz CT molecular complexity index is 712. The van der Waals surface area contributed by atoms with Crippen LogP contribution in [0.25, 0.3) is 0 Å². The number of nitrogens with one attached hydrogen (secondary N) is 1. The molecule has 0 spiro atoms. The van der Waals surface area contributed by atoms with Crippen LogP contribution in [0.5, 0.6) is 0 Å². The van der Waals surface area contributed by atoms with Gasteiger partial charge >= 0.3 is 0 Å². The smallest absolute Gasteiger partial charge is 0.242 e. The van der Waals surface area contributed by atoms with Crippen molar-refractivity contribution >= 4 is 15.7 Å². The minimum atomic E-state index is -3.38.